The van der Waals surface area contributed by atoms with Crippen molar-refractivity contribution in [1.82, 2.24) is 20.4 Å². The molecule has 0 fully saturated rings. The molecule has 72 valence electrons. The molecule has 2 aromatic rings. The number of nitrogens with zero attached hydrogens (tertiary/aromatic N) is 3. The number of hydrazine groups is 1. The summed E-state index contributed by atoms with van der Waals surface area (Å²) in [6.45, 7) is 0.521. The second kappa shape index (κ2) is 3.99. The zero-order valence-electron chi connectivity index (χ0n) is 7.59. The minimum absolute atomic E-state index is 0.521. The van der Waals surface area contributed by atoms with Gasteiger partial charge in [-0.15, -0.1) is 0 Å². The minimum atomic E-state index is 0.521. The van der Waals surface area contributed by atoms with Gasteiger partial charge in [0.2, 0.25) is 0 Å². The van der Waals surface area contributed by atoms with Crippen LogP contribution in [0.2, 0.25) is 0 Å². The molecular weight excluding hydrogens is 178 g/mol. The Morgan fingerprint density at radius 2 is 2.07 bits per heavy atom. The molecule has 0 atom stereocenters. The van der Waals surface area contributed by atoms with Crippen molar-refractivity contribution >= 4 is 0 Å². The van der Waals surface area contributed by atoms with E-state index in [4.69, 9.17) is 5.84 Å². The van der Waals surface area contributed by atoms with Crippen LogP contribution in [0, 0.1) is 0 Å². The minimum Gasteiger partial charge on any atom is -0.271 e. The molecule has 1 aromatic heterocycles. The van der Waals surface area contributed by atoms with E-state index in [1.165, 1.54) is 0 Å². The van der Waals surface area contributed by atoms with Crippen LogP contribution in [0.3, 0.4) is 0 Å². The van der Waals surface area contributed by atoms with E-state index in [9.17, 15) is 0 Å². The molecule has 0 unspecified atom stereocenters. The summed E-state index contributed by atoms with van der Waals surface area (Å²) in [6.07, 6.45) is 1.69. The number of aromatic nitrogens is 3. The normalized spacial score (nSPS) is 10.4. The van der Waals surface area contributed by atoms with E-state index in [0.717, 1.165) is 11.4 Å². The molecule has 5 nitrogen and oxygen atoms in total. The van der Waals surface area contributed by atoms with Gasteiger partial charge >= 0.3 is 0 Å². The molecule has 0 saturated carbocycles. The van der Waals surface area contributed by atoms with Gasteiger partial charge < -0.3 is 0 Å². The van der Waals surface area contributed by atoms with Crippen LogP contribution in [0.5, 0.6) is 0 Å². The number of nitrogens with two attached hydrogens (primary N) is 1. The Balaban J connectivity index is 2.25. The molecule has 0 saturated heterocycles. The highest BCUT2D eigenvalue weighted by atomic mass is 15.5. The number of nitrogens with one attached hydrogen (secondary N) is 1. The fraction of sp³-hybridized carbons (Fsp3) is 0.111. The van der Waals surface area contributed by atoms with E-state index < -0.39 is 0 Å². The van der Waals surface area contributed by atoms with E-state index in [-0.39, 0.29) is 0 Å². The summed E-state index contributed by atoms with van der Waals surface area (Å²) in [6, 6.07) is 9.73. The second-order valence-corrected chi connectivity index (χ2v) is 2.84. The van der Waals surface area contributed by atoms with Crippen molar-refractivity contribution in [3.05, 3.63) is 42.2 Å². The maximum absolute atomic E-state index is 5.18. The molecule has 2 rings (SSSR count). The summed E-state index contributed by atoms with van der Waals surface area (Å²) in [5.74, 6) is 5.18. The highest BCUT2D eigenvalue weighted by Crippen LogP contribution is 2.03. The lowest BCUT2D eigenvalue weighted by atomic mass is 10.3. The Bertz CT molecular complexity index is 395. The molecule has 0 radical (unpaired) electrons. The van der Waals surface area contributed by atoms with Crippen molar-refractivity contribution in [3.8, 4) is 5.69 Å². The van der Waals surface area contributed by atoms with Crippen molar-refractivity contribution in [2.24, 2.45) is 5.84 Å². The second-order valence-electron chi connectivity index (χ2n) is 2.84. The van der Waals surface area contributed by atoms with Gasteiger partial charge in [-0.25, -0.2) is 0 Å². The van der Waals surface area contributed by atoms with E-state index in [0.29, 0.717) is 6.54 Å². The maximum Gasteiger partial charge on any atom is 0.0983 e. The van der Waals surface area contributed by atoms with Crippen molar-refractivity contribution in [2.45, 2.75) is 6.54 Å². The Labute approximate surface area is 81.5 Å². The van der Waals surface area contributed by atoms with Gasteiger partial charge in [0.1, 0.15) is 0 Å². The van der Waals surface area contributed by atoms with E-state index in [1.807, 2.05) is 30.3 Å². The summed E-state index contributed by atoms with van der Waals surface area (Å²) < 4.78 is 0. The zero-order chi connectivity index (χ0) is 9.80. The number of para-hydroxylation sites is 1. The molecule has 0 aliphatic carbocycles. The van der Waals surface area contributed by atoms with Crippen molar-refractivity contribution in [1.29, 1.82) is 0 Å². The highest BCUT2D eigenvalue weighted by molar-refractivity contribution is 5.28. The standard InChI is InChI=1S/C9H11N5/c10-11-6-8-7-12-14(13-8)9-4-2-1-3-5-9/h1-5,7,11H,6,10H2. The van der Waals surface area contributed by atoms with Gasteiger partial charge in [0.25, 0.3) is 0 Å². The molecule has 1 heterocycles. The topological polar surface area (TPSA) is 68.8 Å². The van der Waals surface area contributed by atoms with Gasteiger partial charge in [-0.2, -0.15) is 15.0 Å². The first-order chi connectivity index (χ1) is 6.90. The van der Waals surface area contributed by atoms with Gasteiger partial charge in [0.05, 0.1) is 24.1 Å². The van der Waals surface area contributed by atoms with Crippen LogP contribution < -0.4 is 11.3 Å². The molecule has 0 amide bonds. The Kier molecular flexibility index (Phi) is 2.53. The highest BCUT2D eigenvalue weighted by Gasteiger charge is 2.00. The van der Waals surface area contributed by atoms with Crippen LogP contribution in [-0.4, -0.2) is 15.0 Å². The van der Waals surface area contributed by atoms with E-state index in [1.54, 1.807) is 11.0 Å². The lowest BCUT2D eigenvalue weighted by Crippen LogP contribution is -2.21. The first kappa shape index (κ1) is 8.86. The summed E-state index contributed by atoms with van der Waals surface area (Å²) in [4.78, 5) is 1.58. The van der Waals surface area contributed by atoms with Gasteiger partial charge in [-0.3, -0.25) is 11.3 Å². The quantitative estimate of drug-likeness (QED) is 0.535. The molecule has 3 N–H and O–H groups in total. The fourth-order valence-corrected chi connectivity index (χ4v) is 1.17. The van der Waals surface area contributed by atoms with E-state index >= 15 is 0 Å². The van der Waals surface area contributed by atoms with Gasteiger partial charge in [0, 0.05) is 0 Å². The molecule has 1 aromatic carbocycles. The molecule has 0 aliphatic heterocycles. The third kappa shape index (κ3) is 1.78. The van der Waals surface area contributed by atoms with Crippen LogP contribution in [0.4, 0.5) is 0 Å². The Morgan fingerprint density at radius 3 is 2.79 bits per heavy atom. The first-order valence-electron chi connectivity index (χ1n) is 4.30. The smallest absolute Gasteiger partial charge is 0.0983 e. The number of benzene rings is 1. The van der Waals surface area contributed by atoms with Crippen molar-refractivity contribution in [2.75, 3.05) is 0 Å². The molecule has 5 heteroatoms. The third-order valence-corrected chi connectivity index (χ3v) is 1.81. The first-order valence-corrected chi connectivity index (χ1v) is 4.30. The van der Waals surface area contributed by atoms with Crippen molar-refractivity contribution in [3.63, 3.8) is 0 Å². The molecule has 14 heavy (non-hydrogen) atoms. The van der Waals surface area contributed by atoms with Gasteiger partial charge in [-0.1, -0.05) is 18.2 Å². The zero-order valence-corrected chi connectivity index (χ0v) is 7.59. The van der Waals surface area contributed by atoms with Crippen LogP contribution in [0.25, 0.3) is 5.69 Å². The molecule has 0 aliphatic rings. The lowest BCUT2D eigenvalue weighted by molar-refractivity contribution is 0.690. The van der Waals surface area contributed by atoms with Crippen LogP contribution in [0.1, 0.15) is 5.69 Å². The Morgan fingerprint density at radius 1 is 1.29 bits per heavy atom. The lowest BCUT2D eigenvalue weighted by Gasteiger charge is -1.97. The molecular formula is C9H11N5. The SMILES string of the molecule is NNCc1cnn(-c2ccccc2)n1. The number of rotatable bonds is 3. The largest absolute Gasteiger partial charge is 0.271 e. The summed E-state index contributed by atoms with van der Waals surface area (Å²) in [7, 11) is 0. The number of hydrogen-bond donors (Lipinski definition) is 2. The fourth-order valence-electron chi connectivity index (χ4n) is 1.17. The van der Waals surface area contributed by atoms with Crippen LogP contribution >= 0.6 is 0 Å². The summed E-state index contributed by atoms with van der Waals surface area (Å²) in [5.41, 5.74) is 4.29. The number of hydrogen-bond acceptors (Lipinski definition) is 4. The van der Waals surface area contributed by atoms with Crippen molar-refractivity contribution < 1.29 is 0 Å². The monoisotopic (exact) mass is 189 g/mol. The predicted molar refractivity (Wildman–Crippen MR) is 52.4 cm³/mol. The molecule has 0 spiro atoms. The van der Waals surface area contributed by atoms with Gasteiger partial charge in [-0.05, 0) is 12.1 Å². The molecule has 0 bridgehead atoms. The maximum atomic E-state index is 5.18. The van der Waals surface area contributed by atoms with Crippen LogP contribution in [-0.2, 0) is 6.54 Å². The summed E-state index contributed by atoms with van der Waals surface area (Å²) >= 11 is 0. The predicted octanol–water partition coefficient (Wildman–Crippen LogP) is 0.231. The summed E-state index contributed by atoms with van der Waals surface area (Å²) in [5, 5.41) is 8.35. The van der Waals surface area contributed by atoms with E-state index in [2.05, 4.69) is 15.6 Å². The van der Waals surface area contributed by atoms with Crippen LogP contribution in [0.15, 0.2) is 36.5 Å². The third-order valence-electron chi connectivity index (χ3n) is 1.81. The van der Waals surface area contributed by atoms with Gasteiger partial charge in [0.15, 0.2) is 0 Å². The average molecular weight is 189 g/mol. The average Bonchev–Trinajstić information content (AvgIpc) is 2.68. The Hall–Kier alpha value is -1.72.